The molecule has 0 saturated carbocycles. The maximum Gasteiger partial charge on any atom is 0.305 e. The van der Waals surface area contributed by atoms with Crippen molar-refractivity contribution in [3.63, 3.8) is 0 Å². The lowest BCUT2D eigenvalue weighted by molar-refractivity contribution is -0.138. The minimum absolute atomic E-state index is 0.0105. The van der Waals surface area contributed by atoms with E-state index in [1.54, 1.807) is 12.1 Å². The van der Waals surface area contributed by atoms with Crippen molar-refractivity contribution in [2.45, 2.75) is 52.0 Å². The molecule has 5 N–H and O–H groups in total. The number of nitrogens with zero attached hydrogens (tertiary/aromatic N) is 5. The second-order valence-corrected chi connectivity index (χ2v) is 15.4. The maximum absolute atomic E-state index is 10.4. The van der Waals surface area contributed by atoms with E-state index in [-0.39, 0.29) is 13.0 Å². The van der Waals surface area contributed by atoms with Crippen LogP contribution in [0.4, 0.5) is 11.5 Å². The van der Waals surface area contributed by atoms with Crippen molar-refractivity contribution in [1.29, 1.82) is 5.26 Å². The molecule has 0 amide bonds. The summed E-state index contributed by atoms with van der Waals surface area (Å²) in [6, 6.07) is 17.6. The molecule has 0 spiro atoms. The zero-order valence-corrected chi connectivity index (χ0v) is 40.4. The number of pyridine rings is 1. The highest BCUT2D eigenvalue weighted by molar-refractivity contribution is 6.06. The summed E-state index contributed by atoms with van der Waals surface area (Å²) in [5.41, 5.74) is 10.4. The third-order valence-electron chi connectivity index (χ3n) is 10.1. The van der Waals surface area contributed by atoms with Gasteiger partial charge in [0.05, 0.1) is 168 Å². The number of anilines is 2. The van der Waals surface area contributed by atoms with Gasteiger partial charge in [-0.05, 0) is 43.5 Å². The summed E-state index contributed by atoms with van der Waals surface area (Å²) in [4.78, 5) is 24.7. The molecule has 0 bridgehead atoms. The number of nitrogens with one attached hydrogen (secondary N) is 2. The highest BCUT2D eigenvalue weighted by Gasteiger charge is 2.17. The summed E-state index contributed by atoms with van der Waals surface area (Å²) < 4.78 is 57.3. The van der Waals surface area contributed by atoms with Crippen LogP contribution in [0, 0.1) is 11.3 Å². The number of aliphatic imine (C=N–C) groups is 1. The van der Waals surface area contributed by atoms with Crippen LogP contribution in [0.3, 0.4) is 0 Å². The van der Waals surface area contributed by atoms with Crippen LogP contribution in [-0.4, -0.2) is 177 Å². The average Bonchev–Trinajstić information content (AvgIpc) is 3.73. The lowest BCUT2D eigenvalue weighted by Gasteiger charge is -2.14. The predicted octanol–water partition coefficient (Wildman–Crippen LogP) is 4.86. The van der Waals surface area contributed by atoms with Crippen molar-refractivity contribution >= 4 is 45.4 Å². The van der Waals surface area contributed by atoms with Crippen molar-refractivity contribution in [2.24, 2.45) is 4.99 Å². The van der Waals surface area contributed by atoms with Crippen LogP contribution in [0.25, 0.3) is 21.9 Å². The molecule has 382 valence electrons. The molecule has 0 aliphatic carbocycles. The van der Waals surface area contributed by atoms with Gasteiger partial charge < -0.3 is 73.4 Å². The van der Waals surface area contributed by atoms with E-state index < -0.39 is 5.97 Å². The highest BCUT2D eigenvalue weighted by atomic mass is 16.6. The van der Waals surface area contributed by atoms with Crippen LogP contribution in [0.2, 0.25) is 0 Å². The first-order valence-corrected chi connectivity index (χ1v) is 24.1. The summed E-state index contributed by atoms with van der Waals surface area (Å²) in [5.74, 6) is 1.24. The molecule has 0 radical (unpaired) electrons. The second-order valence-electron chi connectivity index (χ2n) is 15.4. The van der Waals surface area contributed by atoms with Gasteiger partial charge in [-0.15, -0.1) is 0 Å². The molecule has 4 rings (SSSR count). The average molecular weight is 967 g/mol. The van der Waals surface area contributed by atoms with Gasteiger partial charge in [0.2, 0.25) is 0 Å². The van der Waals surface area contributed by atoms with E-state index in [4.69, 9.17) is 68.2 Å². The number of aryl methyl sites for hydroxylation is 2. The standard InChI is InChI=1S/C49H74N8O12/c1-2-3-13-44-56-46-47(42-11-4-5-12-43(42)55-48(46)51)57(44)17-7-6-15-52-49(54-41-10-8-9-40(38-41)39-50)53-16-19-61-21-23-63-25-27-65-29-31-67-33-35-69-37-36-68-34-32-66-30-28-64-26-24-62-22-20-60-18-14-45(58)59/h4-5,8-12,38H,2-3,6-7,13-37H2,1H3,(H2,51,55)(H,58,59)(H2,52,53,54). The van der Waals surface area contributed by atoms with Gasteiger partial charge in [-0.25, -0.2) is 9.97 Å². The van der Waals surface area contributed by atoms with Gasteiger partial charge >= 0.3 is 5.97 Å². The van der Waals surface area contributed by atoms with Gasteiger partial charge in [0.1, 0.15) is 11.3 Å². The lowest BCUT2D eigenvalue weighted by atomic mass is 10.2. The lowest BCUT2D eigenvalue weighted by Crippen LogP contribution is -2.32. The summed E-state index contributed by atoms with van der Waals surface area (Å²) in [7, 11) is 0. The number of guanidine groups is 1. The van der Waals surface area contributed by atoms with E-state index in [1.807, 2.05) is 30.3 Å². The molecule has 0 unspecified atom stereocenters. The monoisotopic (exact) mass is 967 g/mol. The smallest absolute Gasteiger partial charge is 0.305 e. The second kappa shape index (κ2) is 36.9. The molecule has 2 heterocycles. The molecule has 0 aliphatic heterocycles. The fraction of sp³-hybridized carbons (Fsp3) is 0.612. The molecule has 2 aromatic carbocycles. The molecule has 2 aromatic heterocycles. The fourth-order valence-electron chi connectivity index (χ4n) is 6.68. The van der Waals surface area contributed by atoms with Crippen LogP contribution < -0.4 is 16.4 Å². The van der Waals surface area contributed by atoms with Gasteiger partial charge in [-0.3, -0.25) is 9.79 Å². The molecule has 0 aliphatic rings. The zero-order valence-electron chi connectivity index (χ0n) is 40.4. The normalized spacial score (nSPS) is 11.7. The number of ether oxygens (including phenoxy) is 10. The molecule has 0 atom stereocenters. The number of aliphatic carboxylic acids is 1. The molecule has 20 heteroatoms. The summed E-state index contributed by atoms with van der Waals surface area (Å²) in [5, 5.41) is 25.8. The molecular formula is C49H74N8O12. The fourth-order valence-corrected chi connectivity index (χ4v) is 6.68. The van der Waals surface area contributed by atoms with Gasteiger partial charge in [0.15, 0.2) is 11.8 Å². The van der Waals surface area contributed by atoms with Crippen molar-refractivity contribution in [2.75, 3.05) is 156 Å². The van der Waals surface area contributed by atoms with Crippen molar-refractivity contribution in [3.05, 3.63) is 59.9 Å². The number of carbonyl (C=O) groups is 1. The first kappa shape index (κ1) is 56.5. The van der Waals surface area contributed by atoms with Crippen molar-refractivity contribution < 1.29 is 57.3 Å². The molecule has 4 aromatic rings. The Bertz CT molecular complexity index is 2070. The number of para-hydroxylation sites is 1. The number of nitrogens with two attached hydrogens (primary N) is 1. The molecule has 0 fully saturated rings. The van der Waals surface area contributed by atoms with Crippen molar-refractivity contribution in [1.82, 2.24) is 19.9 Å². The largest absolute Gasteiger partial charge is 0.481 e. The van der Waals surface area contributed by atoms with Crippen LogP contribution in [-0.2, 0) is 65.1 Å². The Labute approximate surface area is 406 Å². The van der Waals surface area contributed by atoms with Crippen LogP contribution in [0.1, 0.15) is 50.4 Å². The number of hydrogen-bond donors (Lipinski definition) is 4. The van der Waals surface area contributed by atoms with E-state index in [1.165, 1.54) is 0 Å². The highest BCUT2D eigenvalue weighted by Crippen LogP contribution is 2.29. The number of carboxylic acids is 1. The zero-order chi connectivity index (χ0) is 48.8. The summed E-state index contributed by atoms with van der Waals surface area (Å²) >= 11 is 0. The number of rotatable bonds is 42. The number of hydrogen-bond acceptors (Lipinski definition) is 16. The molecule has 0 saturated heterocycles. The van der Waals surface area contributed by atoms with Gasteiger partial charge in [-0.2, -0.15) is 5.26 Å². The topological polar surface area (TPSA) is 247 Å². The number of nitriles is 1. The van der Waals surface area contributed by atoms with E-state index in [9.17, 15) is 10.1 Å². The summed E-state index contributed by atoms with van der Waals surface area (Å²) in [6.07, 6.45) is 4.80. The van der Waals surface area contributed by atoms with Crippen LogP contribution in [0.15, 0.2) is 53.5 Å². The predicted molar refractivity (Wildman–Crippen MR) is 263 cm³/mol. The number of benzene rings is 2. The SMILES string of the molecule is CCCCc1nc2c(N)nc3ccccc3c2n1CCCCN/C(=N/CCOCCOCCOCCOCCOCCOCCOCCOCCOCCOCCC(=O)O)Nc1cccc(C#N)c1. The number of carboxylic acid groups (broad SMARTS) is 1. The Morgan fingerprint density at radius 2 is 1.23 bits per heavy atom. The quantitative estimate of drug-likeness (QED) is 0.0263. The number of unbranched alkanes of at least 4 members (excludes halogenated alkanes) is 2. The first-order valence-electron chi connectivity index (χ1n) is 24.1. The number of imidazole rings is 1. The maximum atomic E-state index is 10.4. The third kappa shape index (κ3) is 24.4. The number of nitrogen functional groups attached to an aromatic ring is 1. The number of fused-ring (bicyclic) bond motifs is 3. The van der Waals surface area contributed by atoms with E-state index in [2.05, 4.69) is 39.2 Å². The van der Waals surface area contributed by atoms with E-state index >= 15 is 0 Å². The number of aromatic nitrogens is 3. The van der Waals surface area contributed by atoms with Crippen molar-refractivity contribution in [3.8, 4) is 6.07 Å². The Hall–Kier alpha value is -5.05. The minimum atomic E-state index is -0.880. The van der Waals surface area contributed by atoms with Crippen LogP contribution in [0.5, 0.6) is 0 Å². The van der Waals surface area contributed by atoms with Gasteiger partial charge in [0, 0.05) is 30.6 Å². The molecule has 20 nitrogen and oxygen atoms in total. The molecule has 69 heavy (non-hydrogen) atoms. The first-order chi connectivity index (χ1) is 34.0. The Kier molecular flexibility index (Phi) is 30.2. The van der Waals surface area contributed by atoms with Gasteiger partial charge in [0.25, 0.3) is 0 Å². The van der Waals surface area contributed by atoms with Gasteiger partial charge in [-0.1, -0.05) is 37.6 Å². The summed E-state index contributed by atoms with van der Waals surface area (Å²) in [6.45, 7) is 12.8. The Morgan fingerprint density at radius 3 is 1.77 bits per heavy atom. The Balaban J connectivity index is 0.968. The van der Waals surface area contributed by atoms with E-state index in [0.29, 0.717) is 156 Å². The molecular weight excluding hydrogens is 893 g/mol. The minimum Gasteiger partial charge on any atom is -0.481 e. The third-order valence-corrected chi connectivity index (χ3v) is 10.1. The Morgan fingerprint density at radius 1 is 0.696 bits per heavy atom. The van der Waals surface area contributed by atoms with E-state index in [0.717, 1.165) is 72.1 Å². The van der Waals surface area contributed by atoms with Crippen LogP contribution >= 0.6 is 0 Å².